The van der Waals surface area contributed by atoms with Gasteiger partial charge in [0.1, 0.15) is 5.78 Å². The van der Waals surface area contributed by atoms with Gasteiger partial charge in [0.2, 0.25) is 5.92 Å². The lowest BCUT2D eigenvalue weighted by atomic mass is 9.68. The van der Waals surface area contributed by atoms with Gasteiger partial charge in [-0.05, 0) is 57.1 Å². The van der Waals surface area contributed by atoms with Gasteiger partial charge in [-0.25, -0.2) is 8.78 Å². The highest BCUT2D eigenvalue weighted by Crippen LogP contribution is 2.50. The Balaban J connectivity index is 1.64. The Bertz CT molecular complexity index is 746. The highest BCUT2D eigenvalue weighted by molar-refractivity contribution is 6.62. The summed E-state index contributed by atoms with van der Waals surface area (Å²) in [5.74, 6) is -2.56. The molecule has 26 heavy (non-hydrogen) atoms. The number of benzene rings is 1. The molecule has 0 bridgehead atoms. The summed E-state index contributed by atoms with van der Waals surface area (Å²) >= 11 is 0. The van der Waals surface area contributed by atoms with Crippen molar-refractivity contribution in [3.8, 4) is 0 Å². The predicted octanol–water partition coefficient (Wildman–Crippen LogP) is 3.56. The summed E-state index contributed by atoms with van der Waals surface area (Å²) in [4.78, 5) is 12.8. The van der Waals surface area contributed by atoms with Gasteiger partial charge in [0.05, 0.1) is 16.6 Å². The van der Waals surface area contributed by atoms with Gasteiger partial charge >= 0.3 is 7.12 Å². The highest BCUT2D eigenvalue weighted by atomic mass is 19.3. The van der Waals surface area contributed by atoms with Crippen LogP contribution in [0, 0.1) is 0 Å². The second-order valence-corrected chi connectivity index (χ2v) is 9.04. The van der Waals surface area contributed by atoms with Gasteiger partial charge in [0.15, 0.2) is 0 Å². The Kier molecular flexibility index (Phi) is 3.75. The Labute approximate surface area is 153 Å². The van der Waals surface area contributed by atoms with E-state index in [4.69, 9.17) is 9.31 Å². The normalized spacial score (nSPS) is 27.8. The van der Waals surface area contributed by atoms with Gasteiger partial charge in [-0.15, -0.1) is 0 Å². The first-order valence-electron chi connectivity index (χ1n) is 9.36. The first-order valence-corrected chi connectivity index (χ1v) is 9.36. The molecule has 2 fully saturated rings. The van der Waals surface area contributed by atoms with E-state index in [1.54, 1.807) is 0 Å². The van der Waals surface area contributed by atoms with Crippen molar-refractivity contribution in [1.82, 2.24) is 0 Å². The molecule has 1 aromatic rings. The van der Waals surface area contributed by atoms with Gasteiger partial charge in [0, 0.05) is 19.3 Å². The Morgan fingerprint density at radius 3 is 2.12 bits per heavy atom. The van der Waals surface area contributed by atoms with Crippen LogP contribution in [0.4, 0.5) is 8.78 Å². The van der Waals surface area contributed by atoms with E-state index in [2.05, 4.69) is 0 Å². The molecule has 0 unspecified atom stereocenters. The first-order chi connectivity index (χ1) is 12.0. The third-order valence-corrected chi connectivity index (χ3v) is 6.89. The average molecular weight is 362 g/mol. The number of hydrogen-bond donors (Lipinski definition) is 0. The van der Waals surface area contributed by atoms with Gasteiger partial charge < -0.3 is 9.31 Å². The lowest BCUT2D eigenvalue weighted by molar-refractivity contribution is -0.127. The van der Waals surface area contributed by atoms with E-state index in [0.717, 1.165) is 16.6 Å². The molecular weight excluding hydrogens is 337 g/mol. The second kappa shape index (κ2) is 5.38. The quantitative estimate of drug-likeness (QED) is 0.717. The summed E-state index contributed by atoms with van der Waals surface area (Å²) in [5, 5.41) is 0. The minimum Gasteiger partial charge on any atom is -0.399 e. The average Bonchev–Trinajstić information content (AvgIpc) is 2.92. The van der Waals surface area contributed by atoms with Crippen molar-refractivity contribution < 1.29 is 22.9 Å². The fourth-order valence-corrected chi connectivity index (χ4v) is 4.44. The summed E-state index contributed by atoms with van der Waals surface area (Å²) in [5.41, 5.74) is 1.18. The summed E-state index contributed by atoms with van der Waals surface area (Å²) in [6, 6.07) is 5.83. The van der Waals surface area contributed by atoms with Crippen LogP contribution in [0.15, 0.2) is 18.2 Å². The van der Waals surface area contributed by atoms with Crippen LogP contribution in [-0.2, 0) is 25.9 Å². The molecule has 1 aromatic carbocycles. The summed E-state index contributed by atoms with van der Waals surface area (Å²) in [6.45, 7) is 8.00. The van der Waals surface area contributed by atoms with Crippen LogP contribution < -0.4 is 5.46 Å². The van der Waals surface area contributed by atoms with Crippen molar-refractivity contribution in [3.63, 3.8) is 0 Å². The van der Waals surface area contributed by atoms with E-state index in [-0.39, 0.29) is 31.5 Å². The molecule has 1 aliphatic heterocycles. The molecule has 1 heterocycles. The molecule has 1 spiro atoms. The molecule has 0 atom stereocenters. The van der Waals surface area contributed by atoms with Gasteiger partial charge in [-0.3, -0.25) is 4.79 Å². The molecule has 0 amide bonds. The zero-order valence-electron chi connectivity index (χ0n) is 15.8. The zero-order chi connectivity index (χ0) is 19.0. The molecule has 140 valence electrons. The van der Waals surface area contributed by atoms with Crippen molar-refractivity contribution in [2.24, 2.45) is 0 Å². The molecule has 0 N–H and O–H groups in total. The van der Waals surface area contributed by atoms with E-state index in [1.165, 1.54) is 0 Å². The molecule has 2 aliphatic carbocycles. The van der Waals surface area contributed by atoms with Crippen molar-refractivity contribution >= 4 is 18.4 Å². The van der Waals surface area contributed by atoms with E-state index < -0.39 is 29.7 Å². The number of halogens is 2. The molecular formula is C20H25BF2O3. The topological polar surface area (TPSA) is 35.5 Å². The predicted molar refractivity (Wildman–Crippen MR) is 96.0 cm³/mol. The van der Waals surface area contributed by atoms with Crippen LogP contribution in [0.1, 0.15) is 64.5 Å². The lowest BCUT2D eigenvalue weighted by Crippen LogP contribution is -2.41. The monoisotopic (exact) mass is 362 g/mol. The number of carbonyl (C=O) groups is 1. The lowest BCUT2D eigenvalue weighted by Gasteiger charge is -2.36. The standard InChI is InChI=1S/C20H25BF2O3/c1-17(2)18(3,4)26-21(25-17)14-5-6-15-13(11-14)12-16(24)19(15)7-9-20(22,23)10-8-19/h5-6,11H,7-10,12H2,1-4H3. The van der Waals surface area contributed by atoms with Gasteiger partial charge in [-0.2, -0.15) is 0 Å². The number of rotatable bonds is 1. The molecule has 0 aromatic heterocycles. The van der Waals surface area contributed by atoms with Crippen molar-refractivity contribution in [3.05, 3.63) is 29.3 Å². The number of Topliss-reactive ketones (excluding diaryl/α,β-unsaturated/α-hetero) is 1. The molecule has 3 aliphatic rings. The molecule has 0 radical (unpaired) electrons. The highest BCUT2D eigenvalue weighted by Gasteiger charge is 2.54. The summed E-state index contributed by atoms with van der Waals surface area (Å²) in [7, 11) is -0.479. The summed E-state index contributed by atoms with van der Waals surface area (Å²) in [6.07, 6.45) is 0.367. The largest absolute Gasteiger partial charge is 0.494 e. The van der Waals surface area contributed by atoms with E-state index in [9.17, 15) is 13.6 Å². The van der Waals surface area contributed by atoms with Crippen molar-refractivity contribution in [2.45, 2.75) is 82.3 Å². The van der Waals surface area contributed by atoms with E-state index in [1.807, 2.05) is 45.9 Å². The maximum Gasteiger partial charge on any atom is 0.494 e. The molecule has 3 nitrogen and oxygen atoms in total. The van der Waals surface area contributed by atoms with Crippen molar-refractivity contribution in [2.75, 3.05) is 0 Å². The molecule has 1 saturated carbocycles. The minimum atomic E-state index is -2.64. The van der Waals surface area contributed by atoms with Crippen LogP contribution in [0.2, 0.25) is 0 Å². The molecule has 1 saturated heterocycles. The molecule has 6 heteroatoms. The number of alkyl halides is 2. The Morgan fingerprint density at radius 1 is 0.962 bits per heavy atom. The van der Waals surface area contributed by atoms with Crippen LogP contribution in [0.5, 0.6) is 0 Å². The molecule has 4 rings (SSSR count). The number of ketones is 1. The van der Waals surface area contributed by atoms with E-state index in [0.29, 0.717) is 6.42 Å². The third kappa shape index (κ3) is 2.56. The Morgan fingerprint density at radius 2 is 1.54 bits per heavy atom. The van der Waals surface area contributed by atoms with Crippen LogP contribution in [-0.4, -0.2) is 30.0 Å². The van der Waals surface area contributed by atoms with Crippen LogP contribution >= 0.6 is 0 Å². The zero-order valence-corrected chi connectivity index (χ0v) is 15.8. The second-order valence-electron chi connectivity index (χ2n) is 9.04. The van der Waals surface area contributed by atoms with E-state index >= 15 is 0 Å². The Hall–Kier alpha value is -1.27. The number of carbonyl (C=O) groups excluding carboxylic acids is 1. The van der Waals surface area contributed by atoms with Gasteiger partial charge in [0.25, 0.3) is 0 Å². The van der Waals surface area contributed by atoms with Crippen LogP contribution in [0.25, 0.3) is 0 Å². The smallest absolute Gasteiger partial charge is 0.399 e. The fraction of sp³-hybridized carbons (Fsp3) is 0.650. The van der Waals surface area contributed by atoms with Crippen molar-refractivity contribution in [1.29, 1.82) is 0 Å². The number of fused-ring (bicyclic) bond motifs is 2. The minimum absolute atomic E-state index is 0.0778. The SMILES string of the molecule is CC1(C)OB(c2ccc3c(c2)CC(=O)C32CCC(F)(F)CC2)OC1(C)C. The van der Waals surface area contributed by atoms with Gasteiger partial charge in [-0.1, -0.05) is 18.2 Å². The summed E-state index contributed by atoms with van der Waals surface area (Å²) < 4.78 is 39.4. The first kappa shape index (κ1) is 18.1. The fourth-order valence-electron chi connectivity index (χ4n) is 4.44. The van der Waals surface area contributed by atoms with Crippen LogP contribution in [0.3, 0.4) is 0 Å². The third-order valence-electron chi connectivity index (χ3n) is 6.89. The maximum atomic E-state index is 13.6. The number of hydrogen-bond acceptors (Lipinski definition) is 3. The maximum absolute atomic E-state index is 13.6.